The first-order valence-corrected chi connectivity index (χ1v) is 12.0. The number of carbonyl (C=O) groups is 1. The molecule has 2 N–H and O–H groups in total. The Hall–Kier alpha value is -1.97. The summed E-state index contributed by atoms with van der Waals surface area (Å²) in [4.78, 5) is 17.8. The number of nitrogens with zero attached hydrogens (tertiary/aromatic N) is 1. The maximum absolute atomic E-state index is 12.7. The Bertz CT molecular complexity index is 1180. The fourth-order valence-electron chi connectivity index (χ4n) is 2.68. The molecule has 2 aromatic carbocycles. The summed E-state index contributed by atoms with van der Waals surface area (Å²) in [7, 11) is -3.75. The minimum absolute atomic E-state index is 0.0356. The lowest BCUT2D eigenvalue weighted by Crippen LogP contribution is -2.30. The molecule has 0 aliphatic rings. The van der Waals surface area contributed by atoms with Crippen LogP contribution in [0.1, 0.15) is 34.6 Å². The lowest BCUT2D eigenvalue weighted by Gasteiger charge is -2.11. The van der Waals surface area contributed by atoms with Gasteiger partial charge in [-0.3, -0.25) is 10.1 Å². The fourth-order valence-corrected chi connectivity index (χ4v) is 5.22. The van der Waals surface area contributed by atoms with Crippen LogP contribution in [0.5, 0.6) is 0 Å². The van der Waals surface area contributed by atoms with Gasteiger partial charge in [0, 0.05) is 28.6 Å². The number of aromatic nitrogens is 1. The second-order valence-corrected chi connectivity index (χ2v) is 10.5. The van der Waals surface area contributed by atoms with Gasteiger partial charge in [-0.25, -0.2) is 18.1 Å². The summed E-state index contributed by atoms with van der Waals surface area (Å²) in [6.07, 6.45) is 2.31. The average Bonchev–Trinajstić information content (AvgIpc) is 3.07. The predicted molar refractivity (Wildman–Crippen MR) is 121 cm³/mol. The first-order chi connectivity index (χ1) is 14.1. The zero-order valence-electron chi connectivity index (χ0n) is 16.1. The highest BCUT2D eigenvalue weighted by molar-refractivity contribution is 7.89. The van der Waals surface area contributed by atoms with Crippen molar-refractivity contribution in [3.8, 4) is 0 Å². The largest absolute Gasteiger partial charge is 0.298 e. The van der Waals surface area contributed by atoms with Crippen molar-refractivity contribution >= 4 is 55.6 Å². The van der Waals surface area contributed by atoms with Gasteiger partial charge in [0.1, 0.15) is 0 Å². The maximum atomic E-state index is 12.7. The third-order valence-electron chi connectivity index (χ3n) is 3.93. The predicted octanol–water partition coefficient (Wildman–Crippen LogP) is 4.98. The number of anilines is 1. The Labute approximate surface area is 189 Å². The molecule has 158 valence electrons. The number of thiazole rings is 1. The molecule has 0 aliphatic heterocycles. The standard InChI is InChI=1S/C20H19Cl2N3O3S2/c1-12(2)25-30(27,28)16-6-7-18(22)17(10-16)19(26)24-20-23-11-15(29-20)9-13-4-3-5-14(21)8-13/h3-8,10-12,25H,9H2,1-2H3,(H,23,24,26). The Balaban J connectivity index is 1.76. The third kappa shape index (κ3) is 5.80. The number of amides is 1. The third-order valence-corrected chi connectivity index (χ3v) is 7.06. The van der Waals surface area contributed by atoms with Crippen molar-refractivity contribution in [1.29, 1.82) is 0 Å². The minimum Gasteiger partial charge on any atom is -0.298 e. The molecule has 3 aromatic rings. The van der Waals surface area contributed by atoms with Crippen LogP contribution in [-0.2, 0) is 16.4 Å². The molecule has 0 fully saturated rings. The van der Waals surface area contributed by atoms with Crippen LogP contribution in [-0.4, -0.2) is 25.4 Å². The summed E-state index contributed by atoms with van der Waals surface area (Å²) in [5, 5.41) is 3.87. The first-order valence-electron chi connectivity index (χ1n) is 8.96. The average molecular weight is 484 g/mol. The van der Waals surface area contributed by atoms with Crippen molar-refractivity contribution in [3.05, 3.63) is 74.7 Å². The molecule has 1 amide bonds. The van der Waals surface area contributed by atoms with Crippen LogP contribution in [0.2, 0.25) is 10.0 Å². The summed E-state index contributed by atoms with van der Waals surface area (Å²) >= 11 is 13.5. The van der Waals surface area contributed by atoms with E-state index in [2.05, 4.69) is 15.0 Å². The highest BCUT2D eigenvalue weighted by atomic mass is 35.5. The number of hydrogen-bond acceptors (Lipinski definition) is 5. The van der Waals surface area contributed by atoms with Crippen LogP contribution < -0.4 is 10.0 Å². The minimum atomic E-state index is -3.75. The maximum Gasteiger partial charge on any atom is 0.259 e. The van der Waals surface area contributed by atoms with E-state index in [1.54, 1.807) is 26.1 Å². The number of rotatable bonds is 7. The molecule has 0 unspecified atom stereocenters. The van der Waals surface area contributed by atoms with Crippen molar-refractivity contribution in [2.75, 3.05) is 5.32 Å². The lowest BCUT2D eigenvalue weighted by molar-refractivity contribution is 0.102. The molecule has 0 bridgehead atoms. The summed E-state index contributed by atoms with van der Waals surface area (Å²) in [6, 6.07) is 11.2. The van der Waals surface area contributed by atoms with Crippen LogP contribution in [0.15, 0.2) is 53.6 Å². The first kappa shape index (κ1) is 22.7. The second kappa shape index (κ2) is 9.45. The molecular weight excluding hydrogens is 465 g/mol. The number of sulfonamides is 1. The molecule has 1 aromatic heterocycles. The number of nitrogens with one attached hydrogen (secondary N) is 2. The van der Waals surface area contributed by atoms with Crippen molar-refractivity contribution in [3.63, 3.8) is 0 Å². The Morgan fingerprint density at radius 1 is 1.17 bits per heavy atom. The zero-order valence-corrected chi connectivity index (χ0v) is 19.3. The van der Waals surface area contributed by atoms with Gasteiger partial charge in [0.15, 0.2) is 5.13 Å². The van der Waals surface area contributed by atoms with Crippen molar-refractivity contribution in [1.82, 2.24) is 9.71 Å². The van der Waals surface area contributed by atoms with Crippen molar-refractivity contribution < 1.29 is 13.2 Å². The molecular formula is C20H19Cl2N3O3S2. The van der Waals surface area contributed by atoms with E-state index in [1.807, 2.05) is 18.2 Å². The van der Waals surface area contributed by atoms with Gasteiger partial charge in [-0.05, 0) is 49.7 Å². The quantitative estimate of drug-likeness (QED) is 0.495. The summed E-state index contributed by atoms with van der Waals surface area (Å²) in [6.45, 7) is 3.43. The smallest absolute Gasteiger partial charge is 0.259 e. The molecule has 3 rings (SSSR count). The zero-order chi connectivity index (χ0) is 21.9. The van der Waals surface area contributed by atoms with Gasteiger partial charge in [-0.2, -0.15) is 0 Å². The summed E-state index contributed by atoms with van der Waals surface area (Å²) in [5.74, 6) is -0.537. The van der Waals surface area contributed by atoms with Crippen LogP contribution in [0.4, 0.5) is 5.13 Å². The SMILES string of the molecule is CC(C)NS(=O)(=O)c1ccc(Cl)c(C(=O)Nc2ncc(Cc3cccc(Cl)c3)s2)c1. The van der Waals surface area contributed by atoms with E-state index in [1.165, 1.54) is 29.5 Å². The van der Waals surface area contributed by atoms with Gasteiger partial charge in [0.2, 0.25) is 10.0 Å². The topological polar surface area (TPSA) is 88.2 Å². The number of halogens is 2. The van der Waals surface area contributed by atoms with E-state index in [4.69, 9.17) is 23.2 Å². The summed E-state index contributed by atoms with van der Waals surface area (Å²) in [5.41, 5.74) is 1.08. The van der Waals surface area contributed by atoms with E-state index in [-0.39, 0.29) is 21.5 Å². The van der Waals surface area contributed by atoms with Gasteiger partial charge in [-0.15, -0.1) is 11.3 Å². The molecule has 0 aliphatic carbocycles. The molecule has 10 heteroatoms. The highest BCUT2D eigenvalue weighted by Gasteiger charge is 2.20. The van der Waals surface area contributed by atoms with E-state index in [0.29, 0.717) is 16.6 Å². The van der Waals surface area contributed by atoms with E-state index < -0.39 is 15.9 Å². The van der Waals surface area contributed by atoms with Crippen LogP contribution in [0.25, 0.3) is 0 Å². The van der Waals surface area contributed by atoms with Crippen LogP contribution in [0.3, 0.4) is 0 Å². The van der Waals surface area contributed by atoms with Gasteiger partial charge >= 0.3 is 0 Å². The number of hydrogen-bond donors (Lipinski definition) is 2. The van der Waals surface area contributed by atoms with Crippen molar-refractivity contribution in [2.24, 2.45) is 0 Å². The number of carbonyl (C=O) groups excluding carboxylic acids is 1. The molecule has 0 spiro atoms. The molecule has 0 radical (unpaired) electrons. The second-order valence-electron chi connectivity index (χ2n) is 6.81. The van der Waals surface area contributed by atoms with Gasteiger partial charge < -0.3 is 0 Å². The van der Waals surface area contributed by atoms with Gasteiger partial charge in [-0.1, -0.05) is 35.3 Å². The van der Waals surface area contributed by atoms with Crippen LogP contribution in [0, 0.1) is 0 Å². The molecule has 0 atom stereocenters. The van der Waals surface area contributed by atoms with Crippen molar-refractivity contribution in [2.45, 2.75) is 31.2 Å². The molecule has 0 saturated heterocycles. The van der Waals surface area contributed by atoms with Gasteiger partial charge in [0.05, 0.1) is 15.5 Å². The van der Waals surface area contributed by atoms with E-state index in [0.717, 1.165) is 10.4 Å². The molecule has 0 saturated carbocycles. The van der Waals surface area contributed by atoms with Gasteiger partial charge in [0.25, 0.3) is 5.91 Å². The molecule has 6 nitrogen and oxygen atoms in total. The number of benzene rings is 2. The van der Waals surface area contributed by atoms with E-state index in [9.17, 15) is 13.2 Å². The van der Waals surface area contributed by atoms with Crippen LogP contribution >= 0.6 is 34.5 Å². The lowest BCUT2D eigenvalue weighted by atomic mass is 10.1. The Kier molecular flexibility index (Phi) is 7.15. The Morgan fingerprint density at radius 3 is 2.63 bits per heavy atom. The fraction of sp³-hybridized carbons (Fsp3) is 0.200. The van der Waals surface area contributed by atoms with E-state index >= 15 is 0 Å². The molecule has 30 heavy (non-hydrogen) atoms. The summed E-state index contributed by atoms with van der Waals surface area (Å²) < 4.78 is 27.2. The monoisotopic (exact) mass is 483 g/mol. The highest BCUT2D eigenvalue weighted by Crippen LogP contribution is 2.25. The molecule has 1 heterocycles. The Morgan fingerprint density at radius 2 is 1.93 bits per heavy atom. The normalized spacial score (nSPS) is 11.6.